The Kier molecular flexibility index (Phi) is 4.28. The Bertz CT molecular complexity index is 812. The highest BCUT2D eigenvalue weighted by atomic mass is 35.5. The Morgan fingerprint density at radius 1 is 1.13 bits per heavy atom. The van der Waals surface area contributed by atoms with E-state index >= 15 is 0 Å². The van der Waals surface area contributed by atoms with Crippen LogP contribution in [0.3, 0.4) is 0 Å². The first kappa shape index (κ1) is 15.5. The molecule has 0 bridgehead atoms. The van der Waals surface area contributed by atoms with Crippen LogP contribution in [0.25, 0.3) is 0 Å². The molecule has 0 spiro atoms. The van der Waals surface area contributed by atoms with E-state index in [-0.39, 0.29) is 5.57 Å². The second-order valence-electron chi connectivity index (χ2n) is 4.94. The van der Waals surface area contributed by atoms with Crippen molar-refractivity contribution in [3.8, 4) is 6.07 Å². The van der Waals surface area contributed by atoms with Crippen molar-refractivity contribution in [3.63, 3.8) is 0 Å². The fourth-order valence-corrected chi connectivity index (χ4v) is 2.95. The van der Waals surface area contributed by atoms with Gasteiger partial charge in [0.05, 0.1) is 5.03 Å². The maximum absolute atomic E-state index is 12.2. The molecule has 0 saturated heterocycles. The highest BCUT2D eigenvalue weighted by Gasteiger charge is 2.33. The molecule has 0 aromatic heterocycles. The summed E-state index contributed by atoms with van der Waals surface area (Å²) in [5, 5.41) is 13.0. The predicted octanol–water partition coefficient (Wildman–Crippen LogP) is 3.64. The minimum absolute atomic E-state index is 0.0117. The smallest absolute Gasteiger partial charge is 0.266 e. The van der Waals surface area contributed by atoms with E-state index in [0.717, 1.165) is 11.3 Å². The molecule has 23 heavy (non-hydrogen) atoms. The van der Waals surface area contributed by atoms with Crippen LogP contribution in [0.4, 0.5) is 5.69 Å². The van der Waals surface area contributed by atoms with E-state index in [0.29, 0.717) is 10.1 Å². The van der Waals surface area contributed by atoms with Gasteiger partial charge >= 0.3 is 0 Å². The maximum atomic E-state index is 12.2. The molecule has 2 aromatic carbocycles. The average molecular weight is 342 g/mol. The molecule has 1 aliphatic heterocycles. The van der Waals surface area contributed by atoms with Crippen molar-refractivity contribution in [1.29, 1.82) is 5.26 Å². The van der Waals surface area contributed by atoms with E-state index in [1.807, 2.05) is 53.4 Å². The third-order valence-electron chi connectivity index (χ3n) is 3.54. The van der Waals surface area contributed by atoms with Crippen molar-refractivity contribution in [1.82, 2.24) is 5.32 Å². The summed E-state index contributed by atoms with van der Waals surface area (Å²) in [7, 11) is 0. The fourth-order valence-electron chi connectivity index (χ4n) is 2.44. The molecular weight excluding hydrogens is 330 g/mol. The molecule has 1 amide bonds. The second kappa shape index (κ2) is 6.37. The van der Waals surface area contributed by atoms with Crippen LogP contribution in [-0.2, 0) is 4.79 Å². The summed E-state index contributed by atoms with van der Waals surface area (Å²) in [6, 6.07) is 18.6. The molecule has 2 aromatic rings. The van der Waals surface area contributed by atoms with Crippen molar-refractivity contribution in [2.75, 3.05) is 4.90 Å². The number of nitrogens with one attached hydrogen (secondary N) is 1. The van der Waals surface area contributed by atoms with Gasteiger partial charge in [-0.05, 0) is 29.8 Å². The number of para-hydroxylation sites is 1. The fraction of sp³-hybridized carbons (Fsp3) is 0.0588. The predicted molar refractivity (Wildman–Crippen MR) is 92.9 cm³/mol. The summed E-state index contributed by atoms with van der Waals surface area (Å²) in [5.74, 6) is -0.440. The van der Waals surface area contributed by atoms with Crippen molar-refractivity contribution >= 4 is 35.8 Å². The molecule has 0 fully saturated rings. The SMILES string of the molecule is N#CC1=C(S)N(c2ccccc2)[C@@H](c2ccc(Cl)cc2)NC1=O. The number of halogens is 1. The molecule has 1 N–H and O–H groups in total. The third-order valence-corrected chi connectivity index (χ3v) is 4.23. The maximum Gasteiger partial charge on any atom is 0.266 e. The standard InChI is InChI=1S/C17H12ClN3OS/c18-12-8-6-11(7-9-12)15-20-16(22)14(10-19)17(23)21(15)13-4-2-1-3-5-13/h1-9,15,23H,(H,20,22)/t15-/m0/s1. The van der Waals surface area contributed by atoms with Crippen molar-refractivity contribution < 1.29 is 4.79 Å². The number of anilines is 1. The van der Waals surface area contributed by atoms with Crippen LogP contribution in [0, 0.1) is 11.3 Å². The monoisotopic (exact) mass is 341 g/mol. The van der Waals surface area contributed by atoms with Gasteiger partial charge in [0.15, 0.2) is 0 Å². The van der Waals surface area contributed by atoms with Gasteiger partial charge in [0.2, 0.25) is 0 Å². The van der Waals surface area contributed by atoms with E-state index in [9.17, 15) is 10.1 Å². The highest BCUT2D eigenvalue weighted by Crippen LogP contribution is 2.35. The van der Waals surface area contributed by atoms with Gasteiger partial charge in [-0.2, -0.15) is 5.26 Å². The van der Waals surface area contributed by atoms with E-state index in [1.165, 1.54) is 0 Å². The van der Waals surface area contributed by atoms with Gasteiger partial charge in [-0.15, -0.1) is 12.6 Å². The first-order chi connectivity index (χ1) is 11.1. The molecule has 0 aliphatic carbocycles. The minimum atomic E-state index is -0.466. The number of nitrogens with zero attached hydrogens (tertiary/aromatic N) is 2. The number of rotatable bonds is 2. The van der Waals surface area contributed by atoms with Crippen LogP contribution in [-0.4, -0.2) is 5.91 Å². The molecule has 0 radical (unpaired) electrons. The van der Waals surface area contributed by atoms with E-state index in [2.05, 4.69) is 17.9 Å². The summed E-state index contributed by atoms with van der Waals surface area (Å²) in [6.45, 7) is 0. The summed E-state index contributed by atoms with van der Waals surface area (Å²) >= 11 is 10.4. The van der Waals surface area contributed by atoms with Gasteiger partial charge in [-0.25, -0.2) is 0 Å². The van der Waals surface area contributed by atoms with Crippen molar-refractivity contribution in [2.45, 2.75) is 6.17 Å². The minimum Gasteiger partial charge on any atom is -0.327 e. The number of carbonyl (C=O) groups is 1. The van der Waals surface area contributed by atoms with Gasteiger partial charge in [0.1, 0.15) is 17.8 Å². The highest BCUT2D eigenvalue weighted by molar-refractivity contribution is 7.84. The quantitative estimate of drug-likeness (QED) is 0.820. The van der Waals surface area contributed by atoms with Crippen LogP contribution in [0.2, 0.25) is 5.02 Å². The van der Waals surface area contributed by atoms with E-state index in [4.69, 9.17) is 11.6 Å². The lowest BCUT2D eigenvalue weighted by atomic mass is 10.1. The summed E-state index contributed by atoms with van der Waals surface area (Å²) in [4.78, 5) is 14.0. The third kappa shape index (κ3) is 2.91. The summed E-state index contributed by atoms with van der Waals surface area (Å²) in [6.07, 6.45) is -0.466. The number of nitriles is 1. The van der Waals surface area contributed by atoms with Crippen molar-refractivity contribution in [3.05, 3.63) is 75.8 Å². The number of hydrogen-bond acceptors (Lipinski definition) is 4. The normalized spacial score (nSPS) is 17.7. The van der Waals surface area contributed by atoms with Crippen LogP contribution in [0.1, 0.15) is 11.7 Å². The Morgan fingerprint density at radius 2 is 1.78 bits per heavy atom. The summed E-state index contributed by atoms with van der Waals surface area (Å²) < 4.78 is 0. The number of amides is 1. The zero-order valence-electron chi connectivity index (χ0n) is 11.9. The molecule has 3 rings (SSSR count). The molecule has 0 saturated carbocycles. The van der Waals surface area contributed by atoms with Crippen molar-refractivity contribution in [2.24, 2.45) is 0 Å². The second-order valence-corrected chi connectivity index (χ2v) is 5.80. The lowest BCUT2D eigenvalue weighted by molar-refractivity contribution is -0.118. The molecule has 1 heterocycles. The zero-order chi connectivity index (χ0) is 16.4. The average Bonchev–Trinajstić information content (AvgIpc) is 2.56. The van der Waals surface area contributed by atoms with Crippen LogP contribution >= 0.6 is 24.2 Å². The Morgan fingerprint density at radius 3 is 2.39 bits per heavy atom. The molecule has 114 valence electrons. The number of hydrogen-bond donors (Lipinski definition) is 2. The molecule has 1 atom stereocenters. The molecule has 0 unspecified atom stereocenters. The number of benzene rings is 2. The number of carbonyl (C=O) groups excluding carboxylic acids is 1. The lowest BCUT2D eigenvalue weighted by Gasteiger charge is -2.38. The van der Waals surface area contributed by atoms with E-state index < -0.39 is 12.1 Å². The lowest BCUT2D eigenvalue weighted by Crippen LogP contribution is -2.46. The Balaban J connectivity index is 2.14. The van der Waals surface area contributed by atoms with Gasteiger partial charge in [-0.3, -0.25) is 4.79 Å². The van der Waals surface area contributed by atoms with Crippen LogP contribution in [0.5, 0.6) is 0 Å². The zero-order valence-corrected chi connectivity index (χ0v) is 13.6. The molecule has 4 nitrogen and oxygen atoms in total. The molecular formula is C17H12ClN3OS. The first-order valence-corrected chi connectivity index (χ1v) is 7.68. The molecule has 6 heteroatoms. The number of thiol groups is 1. The Hall–Kier alpha value is -2.42. The van der Waals surface area contributed by atoms with Gasteiger partial charge < -0.3 is 10.2 Å². The molecule has 1 aliphatic rings. The van der Waals surface area contributed by atoms with Gasteiger partial charge in [0, 0.05) is 10.7 Å². The topological polar surface area (TPSA) is 56.1 Å². The van der Waals surface area contributed by atoms with Gasteiger partial charge in [-0.1, -0.05) is 41.9 Å². The first-order valence-electron chi connectivity index (χ1n) is 6.86. The van der Waals surface area contributed by atoms with Crippen LogP contribution < -0.4 is 10.2 Å². The summed E-state index contributed by atoms with van der Waals surface area (Å²) in [5.41, 5.74) is 1.66. The van der Waals surface area contributed by atoms with Crippen LogP contribution in [0.15, 0.2) is 65.2 Å². The Labute approximate surface area is 144 Å². The van der Waals surface area contributed by atoms with E-state index in [1.54, 1.807) is 12.1 Å². The van der Waals surface area contributed by atoms with Gasteiger partial charge in [0.25, 0.3) is 5.91 Å². The largest absolute Gasteiger partial charge is 0.327 e.